The summed E-state index contributed by atoms with van der Waals surface area (Å²) in [6, 6.07) is 7.14. The fourth-order valence-corrected chi connectivity index (χ4v) is 3.53. The molecule has 0 fully saturated rings. The van der Waals surface area contributed by atoms with Crippen molar-refractivity contribution in [3.8, 4) is 0 Å². The van der Waals surface area contributed by atoms with Gasteiger partial charge in [0.2, 0.25) is 5.91 Å². The third-order valence-corrected chi connectivity index (χ3v) is 4.63. The zero-order chi connectivity index (χ0) is 14.9. The fourth-order valence-electron chi connectivity index (χ4n) is 2.26. The van der Waals surface area contributed by atoms with Crippen molar-refractivity contribution in [3.63, 3.8) is 0 Å². The van der Waals surface area contributed by atoms with Crippen LogP contribution in [0.5, 0.6) is 0 Å². The maximum atomic E-state index is 12.5. The third-order valence-electron chi connectivity index (χ3n) is 3.25. The minimum Gasteiger partial charge on any atom is -0.304 e. The molecule has 1 atom stereocenters. The average molecular weight is 293 g/mol. The van der Waals surface area contributed by atoms with Gasteiger partial charge in [-0.05, 0) is 30.7 Å². The molecule has 108 valence electrons. The molecule has 5 heteroatoms. The molecule has 0 spiro atoms. The van der Waals surface area contributed by atoms with Gasteiger partial charge in [-0.15, -0.1) is 0 Å². The van der Waals surface area contributed by atoms with Crippen LogP contribution in [0.1, 0.15) is 19.4 Å². The third kappa shape index (κ3) is 3.10. The van der Waals surface area contributed by atoms with E-state index < -0.39 is 15.9 Å². The highest BCUT2D eigenvalue weighted by molar-refractivity contribution is 7.94. The monoisotopic (exact) mass is 293 g/mol. The van der Waals surface area contributed by atoms with Crippen LogP contribution in [0.25, 0.3) is 0 Å². The summed E-state index contributed by atoms with van der Waals surface area (Å²) in [4.78, 5) is 14.0. The van der Waals surface area contributed by atoms with E-state index in [1.165, 1.54) is 5.41 Å². The van der Waals surface area contributed by atoms with E-state index in [4.69, 9.17) is 0 Å². The molecule has 1 unspecified atom stereocenters. The van der Waals surface area contributed by atoms with Crippen LogP contribution in [0.2, 0.25) is 0 Å². The Kier molecular flexibility index (Phi) is 3.99. The summed E-state index contributed by atoms with van der Waals surface area (Å²) >= 11 is 0. The van der Waals surface area contributed by atoms with E-state index in [-0.39, 0.29) is 17.6 Å². The summed E-state index contributed by atoms with van der Waals surface area (Å²) in [6.07, 6.45) is 1.60. The Morgan fingerprint density at radius 1 is 1.35 bits per heavy atom. The Bertz CT molecular complexity index is 647. The van der Waals surface area contributed by atoms with Crippen molar-refractivity contribution in [1.82, 2.24) is 0 Å². The Hall–Kier alpha value is -1.62. The molecule has 0 radical (unpaired) electrons. The van der Waals surface area contributed by atoms with Crippen LogP contribution in [0.15, 0.2) is 35.7 Å². The van der Waals surface area contributed by atoms with Gasteiger partial charge in [0.1, 0.15) is 0 Å². The summed E-state index contributed by atoms with van der Waals surface area (Å²) in [6.45, 7) is 5.58. The molecular formula is C15H19NO3S. The molecule has 0 saturated heterocycles. The van der Waals surface area contributed by atoms with Crippen LogP contribution in [0.4, 0.5) is 5.69 Å². The number of carbonyl (C=O) groups is 1. The second-order valence-corrected chi connectivity index (χ2v) is 7.36. The van der Waals surface area contributed by atoms with E-state index in [9.17, 15) is 13.2 Å². The first-order valence-electron chi connectivity index (χ1n) is 6.61. The first kappa shape index (κ1) is 14.8. The molecule has 1 aliphatic heterocycles. The summed E-state index contributed by atoms with van der Waals surface area (Å²) < 4.78 is 23.2. The summed E-state index contributed by atoms with van der Waals surface area (Å²) in [5.41, 5.74) is 1.78. The number of benzene rings is 1. The molecule has 1 aromatic carbocycles. The molecule has 0 saturated carbocycles. The molecule has 1 aliphatic rings. The molecule has 1 amide bonds. The number of anilines is 1. The van der Waals surface area contributed by atoms with E-state index in [0.717, 1.165) is 11.3 Å². The van der Waals surface area contributed by atoms with Crippen LogP contribution in [0, 0.1) is 12.8 Å². The normalized spacial score (nSPS) is 20.3. The highest BCUT2D eigenvalue weighted by Gasteiger charge is 2.32. The van der Waals surface area contributed by atoms with Crippen LogP contribution in [-0.4, -0.2) is 26.1 Å². The van der Waals surface area contributed by atoms with Gasteiger partial charge in [-0.2, -0.15) is 0 Å². The number of rotatable bonds is 3. The highest BCUT2D eigenvalue weighted by Crippen LogP contribution is 2.25. The van der Waals surface area contributed by atoms with Gasteiger partial charge in [0.15, 0.2) is 9.84 Å². The topological polar surface area (TPSA) is 54.5 Å². The van der Waals surface area contributed by atoms with Crippen LogP contribution < -0.4 is 4.90 Å². The van der Waals surface area contributed by atoms with E-state index in [2.05, 4.69) is 0 Å². The van der Waals surface area contributed by atoms with Crippen LogP contribution >= 0.6 is 0 Å². The predicted molar refractivity (Wildman–Crippen MR) is 80.2 cm³/mol. The van der Waals surface area contributed by atoms with Gasteiger partial charge in [0, 0.05) is 17.0 Å². The Morgan fingerprint density at radius 3 is 2.55 bits per heavy atom. The summed E-state index contributed by atoms with van der Waals surface area (Å²) in [7, 11) is -3.19. The lowest BCUT2D eigenvalue weighted by atomic mass is 10.1. The van der Waals surface area contributed by atoms with Gasteiger partial charge < -0.3 is 4.90 Å². The lowest BCUT2D eigenvalue weighted by Crippen LogP contribution is -2.43. The van der Waals surface area contributed by atoms with Crippen molar-refractivity contribution in [3.05, 3.63) is 41.3 Å². The Labute approximate surface area is 120 Å². The quantitative estimate of drug-likeness (QED) is 0.859. The molecule has 0 aliphatic carbocycles. The van der Waals surface area contributed by atoms with E-state index >= 15 is 0 Å². The van der Waals surface area contributed by atoms with Gasteiger partial charge in [0.25, 0.3) is 0 Å². The lowest BCUT2D eigenvalue weighted by molar-refractivity contribution is -0.121. The molecule has 20 heavy (non-hydrogen) atoms. The molecule has 2 rings (SSSR count). The molecule has 1 aromatic rings. The van der Waals surface area contributed by atoms with E-state index in [1.807, 2.05) is 45.0 Å². The first-order valence-corrected chi connectivity index (χ1v) is 8.32. The molecule has 0 aromatic heterocycles. The van der Waals surface area contributed by atoms with Crippen LogP contribution in [-0.2, 0) is 14.6 Å². The van der Waals surface area contributed by atoms with Crippen molar-refractivity contribution in [2.45, 2.75) is 26.8 Å². The summed E-state index contributed by atoms with van der Waals surface area (Å²) in [5, 5.41) is 1.20. The van der Waals surface area contributed by atoms with Crippen molar-refractivity contribution < 1.29 is 13.2 Å². The van der Waals surface area contributed by atoms with Crippen molar-refractivity contribution in [1.29, 1.82) is 0 Å². The fraction of sp³-hybridized carbons (Fsp3) is 0.400. The number of carbonyl (C=O) groups excluding carboxylic acids is 1. The van der Waals surface area contributed by atoms with Crippen LogP contribution in [0.3, 0.4) is 0 Å². The van der Waals surface area contributed by atoms with E-state index in [1.54, 1.807) is 11.0 Å². The molecule has 1 heterocycles. The number of nitrogens with zero attached hydrogens (tertiary/aromatic N) is 1. The van der Waals surface area contributed by atoms with Crippen molar-refractivity contribution in [2.75, 3.05) is 10.7 Å². The zero-order valence-electron chi connectivity index (χ0n) is 11.9. The van der Waals surface area contributed by atoms with E-state index in [0.29, 0.717) is 0 Å². The second kappa shape index (κ2) is 5.40. The Balaban J connectivity index is 2.41. The standard InChI is InChI=1S/C15H19NO3S/c1-11(2)15(17)16(13-6-4-5-12(3)9-13)14-7-8-20(18,19)10-14/h4-9,11,14H,10H2,1-3H3. The Morgan fingerprint density at radius 2 is 2.05 bits per heavy atom. The first-order chi connectivity index (χ1) is 9.30. The smallest absolute Gasteiger partial charge is 0.230 e. The number of hydrogen-bond acceptors (Lipinski definition) is 3. The number of aryl methyl sites for hydroxylation is 1. The molecule has 4 nitrogen and oxygen atoms in total. The zero-order valence-corrected chi connectivity index (χ0v) is 12.7. The van der Waals surface area contributed by atoms with Crippen molar-refractivity contribution in [2.24, 2.45) is 5.92 Å². The van der Waals surface area contributed by atoms with Gasteiger partial charge in [0.05, 0.1) is 11.8 Å². The molecule has 0 bridgehead atoms. The average Bonchev–Trinajstić information content (AvgIpc) is 2.69. The summed E-state index contributed by atoms with van der Waals surface area (Å²) in [5.74, 6) is -0.297. The minimum atomic E-state index is -3.19. The maximum Gasteiger partial charge on any atom is 0.230 e. The lowest BCUT2D eigenvalue weighted by Gasteiger charge is -2.29. The predicted octanol–water partition coefficient (Wildman–Crippen LogP) is 2.29. The molecule has 0 N–H and O–H groups in total. The maximum absolute atomic E-state index is 12.5. The minimum absolute atomic E-state index is 0.0423. The number of hydrogen-bond donors (Lipinski definition) is 0. The largest absolute Gasteiger partial charge is 0.304 e. The molecular weight excluding hydrogens is 274 g/mol. The second-order valence-electron chi connectivity index (χ2n) is 5.43. The number of amides is 1. The van der Waals surface area contributed by atoms with Gasteiger partial charge in [-0.25, -0.2) is 8.42 Å². The SMILES string of the molecule is Cc1cccc(N(C(=O)C(C)C)C2C=CS(=O)(=O)C2)c1. The number of sulfone groups is 1. The van der Waals surface area contributed by atoms with Crippen molar-refractivity contribution >= 4 is 21.4 Å². The van der Waals surface area contributed by atoms with Gasteiger partial charge in [-0.3, -0.25) is 4.79 Å². The van der Waals surface area contributed by atoms with Gasteiger partial charge >= 0.3 is 0 Å². The highest BCUT2D eigenvalue weighted by atomic mass is 32.2. The van der Waals surface area contributed by atoms with Gasteiger partial charge in [-0.1, -0.05) is 26.0 Å².